The number of thioether (sulfide) groups is 1. The van der Waals surface area contributed by atoms with Crippen LogP contribution < -0.4 is 4.90 Å². The number of hydrogen-bond acceptors (Lipinski definition) is 4. The highest BCUT2D eigenvalue weighted by molar-refractivity contribution is 8.20. The Balaban J connectivity index is 1.94. The standard InChI is InChI=1S/C14H9NO2S2/c16-14-15(10-5-2-1-3-6-10)13(18)12(19-14)9-11-7-4-8-17-11/h1-9H/b12-9+. The molecule has 0 bridgehead atoms. The number of carbonyl (C=O) groups excluding carboxylic acids is 1. The monoisotopic (exact) mass is 287 g/mol. The van der Waals surface area contributed by atoms with Gasteiger partial charge in [-0.05, 0) is 42.1 Å². The van der Waals surface area contributed by atoms with Crippen LogP contribution in [0.5, 0.6) is 0 Å². The van der Waals surface area contributed by atoms with Gasteiger partial charge in [0.1, 0.15) is 10.7 Å². The minimum atomic E-state index is -0.0889. The van der Waals surface area contributed by atoms with E-state index < -0.39 is 0 Å². The van der Waals surface area contributed by atoms with E-state index in [1.54, 1.807) is 18.4 Å². The fourth-order valence-corrected chi connectivity index (χ4v) is 3.03. The van der Waals surface area contributed by atoms with E-state index in [4.69, 9.17) is 16.6 Å². The van der Waals surface area contributed by atoms with E-state index >= 15 is 0 Å². The predicted octanol–water partition coefficient (Wildman–Crippen LogP) is 4.32. The second-order valence-corrected chi connectivity index (χ2v) is 5.25. The summed E-state index contributed by atoms with van der Waals surface area (Å²) in [4.78, 5) is 14.8. The zero-order chi connectivity index (χ0) is 13.2. The first-order chi connectivity index (χ1) is 9.25. The molecule has 19 heavy (non-hydrogen) atoms. The van der Waals surface area contributed by atoms with Crippen LogP contribution in [0.25, 0.3) is 6.08 Å². The van der Waals surface area contributed by atoms with Gasteiger partial charge in [0.05, 0.1) is 16.9 Å². The molecule has 2 heterocycles. The summed E-state index contributed by atoms with van der Waals surface area (Å²) in [7, 11) is 0. The first-order valence-electron chi connectivity index (χ1n) is 5.62. The van der Waals surface area contributed by atoms with Crippen molar-refractivity contribution in [2.24, 2.45) is 0 Å². The highest BCUT2D eigenvalue weighted by atomic mass is 32.2. The summed E-state index contributed by atoms with van der Waals surface area (Å²) in [5.74, 6) is 0.688. The maximum Gasteiger partial charge on any atom is 0.296 e. The minimum absolute atomic E-state index is 0.0889. The van der Waals surface area contributed by atoms with Crippen LogP contribution in [0, 0.1) is 0 Å². The molecular formula is C14H9NO2S2. The first-order valence-corrected chi connectivity index (χ1v) is 6.85. The second-order valence-electron chi connectivity index (χ2n) is 3.87. The molecule has 0 atom stereocenters. The van der Waals surface area contributed by atoms with Gasteiger partial charge in [-0.15, -0.1) is 0 Å². The largest absolute Gasteiger partial charge is 0.465 e. The van der Waals surface area contributed by atoms with Gasteiger partial charge in [-0.25, -0.2) is 0 Å². The Hall–Kier alpha value is -1.85. The third-order valence-electron chi connectivity index (χ3n) is 2.62. The quantitative estimate of drug-likeness (QED) is 0.608. The molecule has 0 radical (unpaired) electrons. The van der Waals surface area contributed by atoms with E-state index in [-0.39, 0.29) is 5.24 Å². The molecule has 0 saturated carbocycles. The minimum Gasteiger partial charge on any atom is -0.465 e. The molecule has 1 aliphatic rings. The Labute approximate surface area is 119 Å². The summed E-state index contributed by atoms with van der Waals surface area (Å²) in [6, 6.07) is 13.0. The van der Waals surface area contributed by atoms with Crippen LogP contribution >= 0.6 is 24.0 Å². The van der Waals surface area contributed by atoms with Crippen molar-refractivity contribution in [3.8, 4) is 0 Å². The summed E-state index contributed by atoms with van der Waals surface area (Å²) >= 11 is 6.49. The molecule has 0 aliphatic carbocycles. The normalized spacial score (nSPS) is 17.5. The number of benzene rings is 1. The van der Waals surface area contributed by atoms with Gasteiger partial charge in [-0.2, -0.15) is 0 Å². The van der Waals surface area contributed by atoms with Crippen LogP contribution in [-0.4, -0.2) is 10.2 Å². The van der Waals surface area contributed by atoms with Crippen LogP contribution in [0.4, 0.5) is 10.5 Å². The van der Waals surface area contributed by atoms with Crippen molar-refractivity contribution in [2.45, 2.75) is 0 Å². The summed E-state index contributed by atoms with van der Waals surface area (Å²) in [6.45, 7) is 0. The molecule has 1 saturated heterocycles. The second kappa shape index (κ2) is 5.03. The third kappa shape index (κ3) is 2.34. The number of rotatable bonds is 2. The van der Waals surface area contributed by atoms with Crippen molar-refractivity contribution < 1.29 is 9.21 Å². The third-order valence-corrected chi connectivity index (χ3v) is 4.04. The van der Waals surface area contributed by atoms with E-state index in [0.717, 1.165) is 22.4 Å². The van der Waals surface area contributed by atoms with Crippen molar-refractivity contribution >= 4 is 46.0 Å². The number of hydrogen-bond donors (Lipinski definition) is 0. The van der Waals surface area contributed by atoms with Crippen molar-refractivity contribution in [1.29, 1.82) is 0 Å². The van der Waals surface area contributed by atoms with Crippen LogP contribution in [0.2, 0.25) is 0 Å². The molecule has 1 amide bonds. The van der Waals surface area contributed by atoms with Crippen molar-refractivity contribution in [1.82, 2.24) is 0 Å². The molecule has 5 heteroatoms. The van der Waals surface area contributed by atoms with Gasteiger partial charge in [-0.3, -0.25) is 9.69 Å². The van der Waals surface area contributed by atoms with E-state index in [0.29, 0.717) is 10.7 Å². The molecule has 0 unspecified atom stereocenters. The van der Waals surface area contributed by atoms with Gasteiger partial charge < -0.3 is 4.42 Å². The number of nitrogens with zero attached hydrogens (tertiary/aromatic N) is 1. The zero-order valence-corrected chi connectivity index (χ0v) is 11.4. The number of carbonyl (C=O) groups is 1. The fraction of sp³-hybridized carbons (Fsp3) is 0. The topological polar surface area (TPSA) is 33.5 Å². The molecule has 1 aromatic carbocycles. The number of anilines is 1. The molecule has 3 nitrogen and oxygen atoms in total. The van der Waals surface area contributed by atoms with Crippen LogP contribution in [0.3, 0.4) is 0 Å². The van der Waals surface area contributed by atoms with Crippen molar-refractivity contribution in [3.05, 3.63) is 59.4 Å². The van der Waals surface area contributed by atoms with Gasteiger partial charge in [0, 0.05) is 0 Å². The van der Waals surface area contributed by atoms with Gasteiger partial charge in [-0.1, -0.05) is 30.4 Å². The lowest BCUT2D eigenvalue weighted by Crippen LogP contribution is -2.26. The molecule has 0 spiro atoms. The Morgan fingerprint density at radius 1 is 1.16 bits per heavy atom. The van der Waals surface area contributed by atoms with E-state index in [1.807, 2.05) is 36.4 Å². The average Bonchev–Trinajstić information content (AvgIpc) is 3.01. The van der Waals surface area contributed by atoms with Crippen LogP contribution in [0.1, 0.15) is 5.76 Å². The van der Waals surface area contributed by atoms with E-state index in [2.05, 4.69) is 0 Å². The number of furan rings is 1. The maximum atomic E-state index is 12.1. The Kier molecular flexibility index (Phi) is 3.23. The number of thiocarbonyl (C=S) groups is 1. The lowest BCUT2D eigenvalue weighted by Gasteiger charge is -2.14. The predicted molar refractivity (Wildman–Crippen MR) is 81.2 cm³/mol. The van der Waals surface area contributed by atoms with Gasteiger partial charge in [0.2, 0.25) is 0 Å². The van der Waals surface area contributed by atoms with Crippen LogP contribution in [-0.2, 0) is 0 Å². The highest BCUT2D eigenvalue weighted by Gasteiger charge is 2.32. The Bertz CT molecular complexity index is 647. The molecular weight excluding hydrogens is 278 g/mol. The molecule has 1 aliphatic heterocycles. The number of amides is 1. The molecule has 1 aromatic heterocycles. The van der Waals surface area contributed by atoms with E-state index in [9.17, 15) is 4.79 Å². The lowest BCUT2D eigenvalue weighted by molar-refractivity contribution is 0.268. The van der Waals surface area contributed by atoms with Gasteiger partial charge in [0.15, 0.2) is 0 Å². The molecule has 0 N–H and O–H groups in total. The molecule has 2 aromatic rings. The summed E-state index contributed by atoms with van der Waals surface area (Å²) in [5, 5.41) is -0.0889. The lowest BCUT2D eigenvalue weighted by atomic mass is 10.3. The Morgan fingerprint density at radius 3 is 2.63 bits per heavy atom. The van der Waals surface area contributed by atoms with Gasteiger partial charge in [0.25, 0.3) is 5.24 Å². The SMILES string of the molecule is O=C1S/C(=C/c2ccco2)C(=S)N1c1ccccc1. The van der Waals surface area contributed by atoms with Gasteiger partial charge >= 0.3 is 0 Å². The van der Waals surface area contributed by atoms with Crippen LogP contribution in [0.15, 0.2) is 58.1 Å². The average molecular weight is 287 g/mol. The molecule has 94 valence electrons. The Morgan fingerprint density at radius 2 is 1.95 bits per heavy atom. The summed E-state index contributed by atoms with van der Waals surface area (Å²) < 4.78 is 5.24. The number of para-hydroxylation sites is 1. The smallest absolute Gasteiger partial charge is 0.296 e. The fourth-order valence-electron chi connectivity index (χ4n) is 1.77. The zero-order valence-electron chi connectivity index (χ0n) is 9.78. The summed E-state index contributed by atoms with van der Waals surface area (Å²) in [5.41, 5.74) is 0.785. The first kappa shape index (κ1) is 12.2. The van der Waals surface area contributed by atoms with E-state index in [1.165, 1.54) is 4.90 Å². The molecule has 3 rings (SSSR count). The summed E-state index contributed by atoms with van der Waals surface area (Å²) in [6.07, 6.45) is 3.37. The van der Waals surface area contributed by atoms with Crippen molar-refractivity contribution in [2.75, 3.05) is 4.90 Å². The van der Waals surface area contributed by atoms with Crippen molar-refractivity contribution in [3.63, 3.8) is 0 Å². The maximum absolute atomic E-state index is 12.1. The highest BCUT2D eigenvalue weighted by Crippen LogP contribution is 2.36. The molecule has 1 fully saturated rings.